The van der Waals surface area contributed by atoms with E-state index in [1.54, 1.807) is 13.1 Å². The Labute approximate surface area is 100 Å². The Morgan fingerprint density at radius 3 is 2.88 bits per heavy atom. The highest BCUT2D eigenvalue weighted by molar-refractivity contribution is 8.00. The molecule has 0 spiro atoms. The fourth-order valence-corrected chi connectivity index (χ4v) is 3.08. The third-order valence-corrected chi connectivity index (χ3v) is 4.21. The number of carboxylic acids is 1. The van der Waals surface area contributed by atoms with E-state index in [2.05, 4.69) is 9.97 Å². The van der Waals surface area contributed by atoms with E-state index in [-0.39, 0.29) is 4.88 Å². The van der Waals surface area contributed by atoms with Crippen LogP contribution in [0.2, 0.25) is 0 Å². The summed E-state index contributed by atoms with van der Waals surface area (Å²) in [5.41, 5.74) is 0.550. The number of thiazole rings is 1. The van der Waals surface area contributed by atoms with Gasteiger partial charge in [0.1, 0.15) is 4.88 Å². The first-order valence-electron chi connectivity index (χ1n) is 4.44. The van der Waals surface area contributed by atoms with E-state index in [1.165, 1.54) is 23.1 Å². The monoisotopic (exact) mass is 255 g/mol. The first kappa shape index (κ1) is 11.2. The molecule has 0 aliphatic rings. The fraction of sp³-hybridized carbons (Fsp3) is 0.222. The smallest absolute Gasteiger partial charge is 0.347 e. The molecule has 0 saturated carbocycles. The summed E-state index contributed by atoms with van der Waals surface area (Å²) in [6.07, 6.45) is 3.53. The molecule has 84 valence electrons. The van der Waals surface area contributed by atoms with Crippen LogP contribution < -0.4 is 0 Å². The molecule has 0 bridgehead atoms. The molecule has 0 saturated heterocycles. The molecule has 0 radical (unpaired) electrons. The van der Waals surface area contributed by atoms with Gasteiger partial charge in [0.2, 0.25) is 0 Å². The van der Waals surface area contributed by atoms with Gasteiger partial charge in [-0.3, -0.25) is 0 Å². The van der Waals surface area contributed by atoms with Gasteiger partial charge in [0, 0.05) is 19.4 Å². The first-order chi connectivity index (χ1) is 7.58. The van der Waals surface area contributed by atoms with Crippen LogP contribution >= 0.6 is 23.1 Å². The van der Waals surface area contributed by atoms with Crippen molar-refractivity contribution in [2.45, 2.75) is 16.4 Å². The maximum atomic E-state index is 10.8. The zero-order chi connectivity index (χ0) is 11.7. The van der Waals surface area contributed by atoms with Gasteiger partial charge in [-0.1, -0.05) is 11.3 Å². The van der Waals surface area contributed by atoms with Crippen molar-refractivity contribution in [3.63, 3.8) is 0 Å². The van der Waals surface area contributed by atoms with Crippen molar-refractivity contribution in [3.05, 3.63) is 23.0 Å². The number of imidazole rings is 1. The molecule has 2 aromatic heterocycles. The van der Waals surface area contributed by atoms with Crippen LogP contribution in [-0.2, 0) is 7.05 Å². The second-order valence-electron chi connectivity index (χ2n) is 3.12. The lowest BCUT2D eigenvalue weighted by molar-refractivity contribution is 0.0701. The maximum Gasteiger partial charge on any atom is 0.347 e. The van der Waals surface area contributed by atoms with E-state index in [4.69, 9.17) is 5.11 Å². The Morgan fingerprint density at radius 2 is 2.38 bits per heavy atom. The molecule has 1 N–H and O–H groups in total. The number of hydrogen-bond donors (Lipinski definition) is 1. The van der Waals surface area contributed by atoms with Gasteiger partial charge < -0.3 is 9.67 Å². The molecule has 0 aromatic carbocycles. The third-order valence-electron chi connectivity index (χ3n) is 1.93. The Bertz CT molecular complexity index is 533. The summed E-state index contributed by atoms with van der Waals surface area (Å²) in [7, 11) is 1.88. The van der Waals surface area contributed by atoms with E-state index >= 15 is 0 Å². The Balaban J connectivity index is 2.26. The molecule has 0 amide bonds. The van der Waals surface area contributed by atoms with Gasteiger partial charge in [0.05, 0.1) is 5.69 Å². The minimum Gasteiger partial charge on any atom is -0.477 e. The van der Waals surface area contributed by atoms with E-state index < -0.39 is 5.97 Å². The Hall–Kier alpha value is -1.34. The van der Waals surface area contributed by atoms with Gasteiger partial charge in [0.15, 0.2) is 9.50 Å². The summed E-state index contributed by atoms with van der Waals surface area (Å²) in [5, 5.41) is 9.70. The quantitative estimate of drug-likeness (QED) is 0.909. The second-order valence-corrected chi connectivity index (χ2v) is 5.34. The summed E-state index contributed by atoms with van der Waals surface area (Å²) >= 11 is 2.54. The molecule has 16 heavy (non-hydrogen) atoms. The highest BCUT2D eigenvalue weighted by Crippen LogP contribution is 2.31. The van der Waals surface area contributed by atoms with Crippen LogP contribution in [0.15, 0.2) is 21.9 Å². The topological polar surface area (TPSA) is 68.0 Å². The molecule has 2 rings (SSSR count). The molecular formula is C9H9N3O2S2. The molecule has 0 aliphatic carbocycles. The summed E-state index contributed by atoms with van der Waals surface area (Å²) < 4.78 is 2.56. The van der Waals surface area contributed by atoms with Crippen LogP contribution in [0, 0.1) is 6.92 Å². The van der Waals surface area contributed by atoms with Gasteiger partial charge in [0.25, 0.3) is 0 Å². The van der Waals surface area contributed by atoms with Gasteiger partial charge >= 0.3 is 5.97 Å². The van der Waals surface area contributed by atoms with Crippen molar-refractivity contribution >= 4 is 29.1 Å². The van der Waals surface area contributed by atoms with Gasteiger partial charge in [-0.25, -0.2) is 14.8 Å². The minimum atomic E-state index is -0.929. The van der Waals surface area contributed by atoms with Crippen molar-refractivity contribution in [3.8, 4) is 0 Å². The van der Waals surface area contributed by atoms with Crippen molar-refractivity contribution in [1.82, 2.24) is 14.5 Å². The largest absolute Gasteiger partial charge is 0.477 e. The predicted octanol–water partition coefficient (Wildman–Crippen LogP) is 2.03. The van der Waals surface area contributed by atoms with Gasteiger partial charge in [-0.05, 0) is 18.7 Å². The van der Waals surface area contributed by atoms with Crippen LogP contribution in [-0.4, -0.2) is 25.6 Å². The van der Waals surface area contributed by atoms with Gasteiger partial charge in [-0.15, -0.1) is 0 Å². The lowest BCUT2D eigenvalue weighted by Gasteiger charge is -1.96. The lowest BCUT2D eigenvalue weighted by Crippen LogP contribution is -1.94. The van der Waals surface area contributed by atoms with E-state index in [0.717, 1.165) is 5.16 Å². The lowest BCUT2D eigenvalue weighted by atomic mass is 10.4. The summed E-state index contributed by atoms with van der Waals surface area (Å²) in [6.45, 7) is 1.70. The summed E-state index contributed by atoms with van der Waals surface area (Å²) in [5.74, 6) is -0.929. The predicted molar refractivity (Wildman–Crippen MR) is 61.1 cm³/mol. The van der Waals surface area contributed by atoms with Crippen LogP contribution in [0.3, 0.4) is 0 Å². The van der Waals surface area contributed by atoms with Crippen molar-refractivity contribution < 1.29 is 9.90 Å². The number of aromatic carboxylic acids is 1. The highest BCUT2D eigenvalue weighted by atomic mass is 32.2. The normalized spacial score (nSPS) is 10.6. The van der Waals surface area contributed by atoms with Crippen molar-refractivity contribution in [1.29, 1.82) is 0 Å². The van der Waals surface area contributed by atoms with Crippen molar-refractivity contribution in [2.75, 3.05) is 0 Å². The number of nitrogens with zero attached hydrogens (tertiary/aromatic N) is 3. The molecule has 2 aromatic rings. The number of carbonyl (C=O) groups is 1. The molecule has 0 fully saturated rings. The number of carboxylic acid groups (broad SMARTS) is 1. The molecule has 7 heteroatoms. The molecule has 0 unspecified atom stereocenters. The fourth-order valence-electron chi connectivity index (χ4n) is 1.14. The molecule has 0 aliphatic heterocycles. The van der Waals surface area contributed by atoms with E-state index in [1.807, 2.05) is 17.8 Å². The molecular weight excluding hydrogens is 246 g/mol. The SMILES string of the molecule is Cc1nc(Sc2nccn2C)sc1C(=O)O. The average Bonchev–Trinajstić information content (AvgIpc) is 2.75. The number of rotatable bonds is 3. The zero-order valence-electron chi connectivity index (χ0n) is 8.67. The maximum absolute atomic E-state index is 10.8. The number of aromatic nitrogens is 3. The van der Waals surface area contributed by atoms with Gasteiger partial charge in [-0.2, -0.15) is 0 Å². The Kier molecular flexibility index (Phi) is 2.97. The van der Waals surface area contributed by atoms with E-state index in [9.17, 15) is 4.79 Å². The van der Waals surface area contributed by atoms with E-state index in [0.29, 0.717) is 10.0 Å². The highest BCUT2D eigenvalue weighted by Gasteiger charge is 2.15. The summed E-state index contributed by atoms with van der Waals surface area (Å²) in [4.78, 5) is 19.5. The third kappa shape index (κ3) is 2.10. The second kappa shape index (κ2) is 4.26. The number of aryl methyl sites for hydroxylation is 2. The first-order valence-corrected chi connectivity index (χ1v) is 6.07. The zero-order valence-corrected chi connectivity index (χ0v) is 10.3. The van der Waals surface area contributed by atoms with Crippen molar-refractivity contribution in [2.24, 2.45) is 7.05 Å². The van der Waals surface area contributed by atoms with Crippen LogP contribution in [0.1, 0.15) is 15.4 Å². The standard InChI is InChI=1S/C9H9N3O2S2/c1-5-6(7(13)14)15-9(11-5)16-8-10-3-4-12(8)2/h3-4H,1-2H3,(H,13,14). The van der Waals surface area contributed by atoms with Crippen LogP contribution in [0.25, 0.3) is 0 Å². The number of hydrogen-bond acceptors (Lipinski definition) is 5. The minimum absolute atomic E-state index is 0.289. The Morgan fingerprint density at radius 1 is 1.62 bits per heavy atom. The van der Waals surface area contributed by atoms with Crippen LogP contribution in [0.4, 0.5) is 0 Å². The average molecular weight is 255 g/mol. The molecule has 0 atom stereocenters. The molecule has 5 nitrogen and oxygen atoms in total. The van der Waals surface area contributed by atoms with Crippen LogP contribution in [0.5, 0.6) is 0 Å². The molecule has 2 heterocycles. The summed E-state index contributed by atoms with van der Waals surface area (Å²) in [6, 6.07) is 0.